The molecule has 170 valence electrons. The number of piperidine rings is 2. The Morgan fingerprint density at radius 1 is 1.13 bits per heavy atom. The maximum absolute atomic E-state index is 13.0. The molecule has 0 bridgehead atoms. The molecule has 3 heterocycles. The second kappa shape index (κ2) is 10.6. The number of nitrogens with zero attached hydrogens (tertiary/aromatic N) is 2. The quantitative estimate of drug-likeness (QED) is 0.701. The highest BCUT2D eigenvalue weighted by molar-refractivity contribution is 5.88. The van der Waals surface area contributed by atoms with Gasteiger partial charge in [-0.05, 0) is 38.0 Å². The van der Waals surface area contributed by atoms with Gasteiger partial charge in [-0.25, -0.2) is 0 Å². The van der Waals surface area contributed by atoms with Gasteiger partial charge in [-0.2, -0.15) is 0 Å². The first-order chi connectivity index (χ1) is 14.4. The Kier molecular flexibility index (Phi) is 8.11. The molecule has 0 aliphatic carbocycles. The highest BCUT2D eigenvalue weighted by atomic mass is 16.5. The minimum Gasteiger partial charge on any atom is -0.383 e. The Balaban J connectivity index is 1.64. The standard InChI is InChI=1S/C22H38N4O4/c1-17(27)26-11-8-22(9-12-26)7-4-3-5-18-16-25(13-14-30-2)10-6-19(18)24-20(28)15-23-21(22)29/h18-19H,3-16H2,1-2H3,(H,23,29)(H,24,28)/t18-,19+/m0/s1. The fourth-order valence-electron chi connectivity index (χ4n) is 5.33. The minimum atomic E-state index is -0.456. The van der Waals surface area contributed by atoms with Crippen molar-refractivity contribution in [2.45, 2.75) is 57.9 Å². The zero-order valence-corrected chi connectivity index (χ0v) is 18.6. The summed E-state index contributed by atoms with van der Waals surface area (Å²) in [6.45, 7) is 6.47. The van der Waals surface area contributed by atoms with E-state index in [1.807, 2.05) is 4.90 Å². The minimum absolute atomic E-state index is 0.0210. The number of ether oxygens (including phenoxy) is 1. The van der Waals surface area contributed by atoms with Crippen molar-refractivity contribution in [3.63, 3.8) is 0 Å². The summed E-state index contributed by atoms with van der Waals surface area (Å²) in [5, 5.41) is 6.09. The van der Waals surface area contributed by atoms with Crippen molar-refractivity contribution >= 4 is 17.7 Å². The van der Waals surface area contributed by atoms with Gasteiger partial charge in [-0.15, -0.1) is 0 Å². The van der Waals surface area contributed by atoms with Gasteiger partial charge in [-0.3, -0.25) is 14.4 Å². The first-order valence-electron chi connectivity index (χ1n) is 11.5. The molecule has 3 rings (SSSR count). The molecule has 0 unspecified atom stereocenters. The molecule has 8 heteroatoms. The smallest absolute Gasteiger partial charge is 0.239 e. The lowest BCUT2D eigenvalue weighted by Gasteiger charge is -2.42. The van der Waals surface area contributed by atoms with Gasteiger partial charge in [0, 0.05) is 52.8 Å². The summed E-state index contributed by atoms with van der Waals surface area (Å²) in [4.78, 5) is 41.5. The van der Waals surface area contributed by atoms with Crippen LogP contribution in [0.5, 0.6) is 0 Å². The molecule has 3 saturated heterocycles. The Hall–Kier alpha value is -1.67. The van der Waals surface area contributed by atoms with E-state index >= 15 is 0 Å². The highest BCUT2D eigenvalue weighted by Crippen LogP contribution is 2.38. The average molecular weight is 423 g/mol. The van der Waals surface area contributed by atoms with Crippen LogP contribution in [0.3, 0.4) is 0 Å². The number of carbonyl (C=O) groups excluding carboxylic acids is 3. The zero-order chi connectivity index (χ0) is 21.6. The predicted molar refractivity (Wildman–Crippen MR) is 114 cm³/mol. The third-order valence-corrected chi connectivity index (χ3v) is 7.31. The largest absolute Gasteiger partial charge is 0.383 e. The molecule has 2 atom stereocenters. The van der Waals surface area contributed by atoms with Gasteiger partial charge < -0.3 is 25.2 Å². The topological polar surface area (TPSA) is 91.0 Å². The van der Waals surface area contributed by atoms with Gasteiger partial charge in [0.2, 0.25) is 17.7 Å². The van der Waals surface area contributed by atoms with Crippen LogP contribution in [0.1, 0.15) is 51.9 Å². The third kappa shape index (κ3) is 5.72. The van der Waals surface area contributed by atoms with E-state index in [0.29, 0.717) is 31.8 Å². The van der Waals surface area contributed by atoms with Crippen LogP contribution in [-0.4, -0.2) is 86.5 Å². The molecule has 0 radical (unpaired) electrons. The molecule has 2 N–H and O–H groups in total. The first kappa shape index (κ1) is 23.0. The molecule has 8 nitrogen and oxygen atoms in total. The number of amides is 3. The lowest BCUT2D eigenvalue weighted by molar-refractivity contribution is -0.141. The van der Waals surface area contributed by atoms with E-state index in [-0.39, 0.29) is 30.3 Å². The lowest BCUT2D eigenvalue weighted by atomic mass is 9.73. The summed E-state index contributed by atoms with van der Waals surface area (Å²) in [6, 6.07) is 0.181. The van der Waals surface area contributed by atoms with Gasteiger partial charge in [0.15, 0.2) is 0 Å². The van der Waals surface area contributed by atoms with Gasteiger partial charge in [0.25, 0.3) is 0 Å². The van der Waals surface area contributed by atoms with E-state index < -0.39 is 5.41 Å². The number of methoxy groups -OCH3 is 1. The fraction of sp³-hybridized carbons (Fsp3) is 0.864. The first-order valence-corrected chi connectivity index (χ1v) is 11.5. The van der Waals surface area contributed by atoms with Gasteiger partial charge in [0.1, 0.15) is 0 Å². The van der Waals surface area contributed by atoms with Gasteiger partial charge >= 0.3 is 0 Å². The van der Waals surface area contributed by atoms with Crippen LogP contribution in [0.15, 0.2) is 0 Å². The Labute approximate surface area is 180 Å². The molecule has 0 aromatic carbocycles. The SMILES string of the molecule is COCCN1CC[C@H]2NC(=O)CNC(=O)C3(CCCC[C@H]2C1)CCN(C(C)=O)CC3. The number of carbonyl (C=O) groups is 3. The zero-order valence-electron chi connectivity index (χ0n) is 18.6. The summed E-state index contributed by atoms with van der Waals surface area (Å²) in [7, 11) is 1.73. The van der Waals surface area contributed by atoms with Crippen molar-refractivity contribution in [1.82, 2.24) is 20.4 Å². The highest BCUT2D eigenvalue weighted by Gasteiger charge is 2.42. The van der Waals surface area contributed by atoms with Crippen LogP contribution < -0.4 is 10.6 Å². The number of nitrogens with one attached hydrogen (secondary N) is 2. The van der Waals surface area contributed by atoms with E-state index in [0.717, 1.165) is 58.3 Å². The van der Waals surface area contributed by atoms with E-state index in [2.05, 4.69) is 15.5 Å². The van der Waals surface area contributed by atoms with Crippen molar-refractivity contribution < 1.29 is 19.1 Å². The number of hydrogen-bond donors (Lipinski definition) is 2. The monoisotopic (exact) mass is 422 g/mol. The molecule has 0 aromatic rings. The van der Waals surface area contributed by atoms with Crippen molar-refractivity contribution in [1.29, 1.82) is 0 Å². The van der Waals surface area contributed by atoms with Gasteiger partial charge in [-0.1, -0.05) is 12.8 Å². The van der Waals surface area contributed by atoms with E-state index in [4.69, 9.17) is 4.74 Å². The maximum atomic E-state index is 13.0. The van der Waals surface area contributed by atoms with Crippen molar-refractivity contribution in [3.05, 3.63) is 0 Å². The molecule has 3 fully saturated rings. The fourth-order valence-corrected chi connectivity index (χ4v) is 5.33. The average Bonchev–Trinajstić information content (AvgIpc) is 2.74. The molecule has 3 aliphatic heterocycles. The molecular formula is C22H38N4O4. The summed E-state index contributed by atoms with van der Waals surface area (Å²) >= 11 is 0. The number of hydrogen-bond acceptors (Lipinski definition) is 5. The van der Waals surface area contributed by atoms with Crippen LogP contribution in [0.2, 0.25) is 0 Å². The second-order valence-electron chi connectivity index (χ2n) is 9.23. The molecule has 1 spiro atoms. The van der Waals surface area contributed by atoms with E-state index in [1.54, 1.807) is 14.0 Å². The molecule has 3 amide bonds. The summed E-state index contributed by atoms with van der Waals surface area (Å²) in [6.07, 6.45) is 6.25. The molecule has 0 aromatic heterocycles. The van der Waals surface area contributed by atoms with Crippen LogP contribution in [0, 0.1) is 11.3 Å². The molecule has 0 saturated carbocycles. The lowest BCUT2D eigenvalue weighted by Crippen LogP contribution is -2.55. The van der Waals surface area contributed by atoms with Crippen LogP contribution in [0.25, 0.3) is 0 Å². The predicted octanol–water partition coefficient (Wildman–Crippen LogP) is 0.758. The van der Waals surface area contributed by atoms with E-state index in [9.17, 15) is 14.4 Å². The van der Waals surface area contributed by atoms with Gasteiger partial charge in [0.05, 0.1) is 18.6 Å². The van der Waals surface area contributed by atoms with Crippen LogP contribution >= 0.6 is 0 Å². The van der Waals surface area contributed by atoms with Crippen LogP contribution in [-0.2, 0) is 19.1 Å². The van der Waals surface area contributed by atoms with Crippen LogP contribution in [0.4, 0.5) is 0 Å². The third-order valence-electron chi connectivity index (χ3n) is 7.31. The molecular weight excluding hydrogens is 384 g/mol. The van der Waals surface area contributed by atoms with Crippen molar-refractivity contribution in [3.8, 4) is 0 Å². The Morgan fingerprint density at radius 3 is 2.60 bits per heavy atom. The molecule has 3 aliphatic rings. The molecule has 30 heavy (non-hydrogen) atoms. The summed E-state index contributed by atoms with van der Waals surface area (Å²) in [5.74, 6) is 0.386. The van der Waals surface area contributed by atoms with E-state index in [1.165, 1.54) is 0 Å². The normalized spacial score (nSPS) is 28.7. The number of rotatable bonds is 3. The van der Waals surface area contributed by atoms with Crippen molar-refractivity contribution in [2.24, 2.45) is 11.3 Å². The maximum Gasteiger partial charge on any atom is 0.239 e. The Bertz CT molecular complexity index is 618. The second-order valence-corrected chi connectivity index (χ2v) is 9.23. The number of fused-ring (bicyclic) bond motifs is 1. The summed E-state index contributed by atoms with van der Waals surface area (Å²) in [5.41, 5.74) is -0.456. The summed E-state index contributed by atoms with van der Waals surface area (Å²) < 4.78 is 5.23. The number of likely N-dealkylation sites (tertiary alicyclic amines) is 2. The van der Waals surface area contributed by atoms with Crippen molar-refractivity contribution in [2.75, 3.05) is 53.0 Å². The Morgan fingerprint density at radius 2 is 1.90 bits per heavy atom.